The van der Waals surface area contributed by atoms with Gasteiger partial charge in [0, 0.05) is 40.3 Å². The SMILES string of the molecule is CCNC(=NCC(=O)N(C)C)NCCCCN1CC(C)CC(C)C1. The van der Waals surface area contributed by atoms with Crippen LogP contribution in [0.15, 0.2) is 4.99 Å². The fourth-order valence-corrected chi connectivity index (χ4v) is 3.27. The lowest BCUT2D eigenvalue weighted by Crippen LogP contribution is -2.40. The van der Waals surface area contributed by atoms with Crippen molar-refractivity contribution in [2.24, 2.45) is 16.8 Å². The van der Waals surface area contributed by atoms with E-state index in [2.05, 4.69) is 34.4 Å². The highest BCUT2D eigenvalue weighted by molar-refractivity contribution is 5.84. The van der Waals surface area contributed by atoms with Crippen LogP contribution in [0.2, 0.25) is 0 Å². The summed E-state index contributed by atoms with van der Waals surface area (Å²) in [7, 11) is 3.50. The number of aliphatic imine (C=N–C) groups is 1. The Labute approximate surface area is 148 Å². The van der Waals surface area contributed by atoms with Crippen molar-refractivity contribution in [3.8, 4) is 0 Å². The minimum atomic E-state index is 0.0144. The monoisotopic (exact) mass is 339 g/mol. The van der Waals surface area contributed by atoms with E-state index < -0.39 is 0 Å². The zero-order valence-corrected chi connectivity index (χ0v) is 16.3. The number of carbonyl (C=O) groups is 1. The lowest BCUT2D eigenvalue weighted by molar-refractivity contribution is -0.127. The summed E-state index contributed by atoms with van der Waals surface area (Å²) >= 11 is 0. The Balaban J connectivity index is 2.23. The summed E-state index contributed by atoms with van der Waals surface area (Å²) in [5, 5.41) is 6.51. The van der Waals surface area contributed by atoms with Crippen molar-refractivity contribution in [2.75, 3.05) is 53.4 Å². The second-order valence-corrected chi connectivity index (χ2v) is 7.32. The lowest BCUT2D eigenvalue weighted by atomic mass is 9.92. The first kappa shape index (κ1) is 20.7. The molecule has 0 radical (unpaired) electrons. The predicted molar refractivity (Wildman–Crippen MR) is 101 cm³/mol. The highest BCUT2D eigenvalue weighted by Gasteiger charge is 2.20. The molecular formula is C18H37N5O. The van der Waals surface area contributed by atoms with E-state index in [9.17, 15) is 4.79 Å². The standard InChI is InChI=1S/C18H37N5O/c1-6-19-18(21-12-17(24)22(4)5)20-9-7-8-10-23-13-15(2)11-16(3)14-23/h15-16H,6-14H2,1-5H3,(H2,19,20,21). The summed E-state index contributed by atoms with van der Waals surface area (Å²) in [5.74, 6) is 2.40. The zero-order valence-electron chi connectivity index (χ0n) is 16.3. The predicted octanol–water partition coefficient (Wildman–Crippen LogP) is 1.39. The summed E-state index contributed by atoms with van der Waals surface area (Å²) in [5.41, 5.74) is 0. The van der Waals surface area contributed by atoms with Gasteiger partial charge in [0.2, 0.25) is 5.91 Å². The number of rotatable bonds is 8. The molecule has 0 aromatic carbocycles. The summed E-state index contributed by atoms with van der Waals surface area (Å²) in [6.45, 7) is 12.3. The maximum atomic E-state index is 11.6. The van der Waals surface area contributed by atoms with Gasteiger partial charge in [-0.2, -0.15) is 0 Å². The molecule has 24 heavy (non-hydrogen) atoms. The summed E-state index contributed by atoms with van der Waals surface area (Å²) in [6, 6.07) is 0. The number of guanidine groups is 1. The molecule has 1 heterocycles. The molecule has 0 aliphatic carbocycles. The number of amides is 1. The molecule has 1 saturated heterocycles. The molecule has 0 spiro atoms. The van der Waals surface area contributed by atoms with Gasteiger partial charge in [0.05, 0.1) is 0 Å². The average molecular weight is 340 g/mol. The molecule has 1 aliphatic heterocycles. The molecule has 0 saturated carbocycles. The number of piperidine rings is 1. The first-order chi connectivity index (χ1) is 11.4. The van der Waals surface area contributed by atoms with Crippen LogP contribution in [0.25, 0.3) is 0 Å². The van der Waals surface area contributed by atoms with Gasteiger partial charge in [0.15, 0.2) is 5.96 Å². The minimum Gasteiger partial charge on any atom is -0.357 e. The molecule has 140 valence electrons. The van der Waals surface area contributed by atoms with Gasteiger partial charge in [0.25, 0.3) is 0 Å². The smallest absolute Gasteiger partial charge is 0.243 e. The number of unbranched alkanes of at least 4 members (excludes halogenated alkanes) is 1. The molecule has 1 aliphatic rings. The van der Waals surface area contributed by atoms with Gasteiger partial charge in [0.1, 0.15) is 6.54 Å². The molecule has 2 unspecified atom stereocenters. The third-order valence-corrected chi connectivity index (χ3v) is 4.35. The van der Waals surface area contributed by atoms with Gasteiger partial charge < -0.3 is 20.4 Å². The quantitative estimate of drug-likeness (QED) is 0.399. The summed E-state index contributed by atoms with van der Waals surface area (Å²) < 4.78 is 0. The number of nitrogens with zero attached hydrogens (tertiary/aromatic N) is 3. The second-order valence-electron chi connectivity index (χ2n) is 7.32. The van der Waals surface area contributed by atoms with Crippen LogP contribution in [0.3, 0.4) is 0 Å². The summed E-state index contributed by atoms with van der Waals surface area (Å²) in [4.78, 5) is 20.1. The Hall–Kier alpha value is -1.30. The normalized spacial score (nSPS) is 22.3. The third kappa shape index (κ3) is 8.52. The number of likely N-dealkylation sites (tertiary alicyclic amines) is 1. The minimum absolute atomic E-state index is 0.0144. The van der Waals surface area contributed by atoms with Crippen molar-refractivity contribution in [2.45, 2.75) is 40.0 Å². The fourth-order valence-electron chi connectivity index (χ4n) is 3.27. The Morgan fingerprint density at radius 2 is 1.83 bits per heavy atom. The van der Waals surface area contributed by atoms with E-state index in [4.69, 9.17) is 0 Å². The molecule has 1 amide bonds. The van der Waals surface area contributed by atoms with Crippen molar-refractivity contribution >= 4 is 11.9 Å². The number of likely N-dealkylation sites (N-methyl/N-ethyl adjacent to an activating group) is 1. The van der Waals surface area contributed by atoms with Crippen molar-refractivity contribution in [1.29, 1.82) is 0 Å². The first-order valence-electron chi connectivity index (χ1n) is 9.37. The zero-order chi connectivity index (χ0) is 17.9. The van der Waals surface area contributed by atoms with Gasteiger partial charge in [-0.15, -0.1) is 0 Å². The van der Waals surface area contributed by atoms with Crippen LogP contribution in [-0.4, -0.2) is 75.0 Å². The van der Waals surface area contributed by atoms with Crippen LogP contribution in [0.5, 0.6) is 0 Å². The van der Waals surface area contributed by atoms with Crippen LogP contribution < -0.4 is 10.6 Å². The van der Waals surface area contributed by atoms with E-state index in [1.54, 1.807) is 19.0 Å². The molecular weight excluding hydrogens is 302 g/mol. The molecule has 6 heteroatoms. The second kappa shape index (κ2) is 11.3. The third-order valence-electron chi connectivity index (χ3n) is 4.35. The Bertz CT molecular complexity index is 387. The van der Waals surface area contributed by atoms with E-state index in [-0.39, 0.29) is 12.5 Å². The molecule has 0 aromatic rings. The van der Waals surface area contributed by atoms with Gasteiger partial charge in [-0.1, -0.05) is 13.8 Å². The van der Waals surface area contributed by atoms with Crippen molar-refractivity contribution in [3.05, 3.63) is 0 Å². The van der Waals surface area contributed by atoms with Crippen LogP contribution in [0.1, 0.15) is 40.0 Å². The first-order valence-corrected chi connectivity index (χ1v) is 9.37. The topological polar surface area (TPSA) is 60.0 Å². The van der Waals surface area contributed by atoms with Crippen molar-refractivity contribution in [1.82, 2.24) is 20.4 Å². The van der Waals surface area contributed by atoms with Crippen LogP contribution >= 0.6 is 0 Å². The maximum Gasteiger partial charge on any atom is 0.243 e. The number of hydrogen-bond acceptors (Lipinski definition) is 3. The van der Waals surface area contributed by atoms with Gasteiger partial charge in [-0.25, -0.2) is 4.99 Å². The number of hydrogen-bond donors (Lipinski definition) is 2. The fraction of sp³-hybridized carbons (Fsp3) is 0.889. The largest absolute Gasteiger partial charge is 0.357 e. The van der Waals surface area contributed by atoms with Crippen molar-refractivity contribution in [3.63, 3.8) is 0 Å². The van der Waals surface area contributed by atoms with E-state index in [1.165, 1.54) is 32.5 Å². The van der Waals surface area contributed by atoms with Crippen LogP contribution in [-0.2, 0) is 4.79 Å². The summed E-state index contributed by atoms with van der Waals surface area (Å²) in [6.07, 6.45) is 3.68. The van der Waals surface area contributed by atoms with E-state index in [0.29, 0.717) is 0 Å². The van der Waals surface area contributed by atoms with Gasteiger partial charge >= 0.3 is 0 Å². The van der Waals surface area contributed by atoms with E-state index >= 15 is 0 Å². The van der Waals surface area contributed by atoms with Crippen molar-refractivity contribution < 1.29 is 4.79 Å². The van der Waals surface area contributed by atoms with Crippen LogP contribution in [0.4, 0.5) is 0 Å². The molecule has 1 rings (SSSR count). The number of nitrogens with one attached hydrogen (secondary N) is 2. The molecule has 0 aromatic heterocycles. The van der Waals surface area contributed by atoms with Gasteiger partial charge in [-0.3, -0.25) is 4.79 Å². The molecule has 1 fully saturated rings. The molecule has 6 nitrogen and oxygen atoms in total. The van der Waals surface area contributed by atoms with E-state index in [1.807, 2.05) is 6.92 Å². The Kier molecular flexibility index (Phi) is 9.76. The van der Waals surface area contributed by atoms with E-state index in [0.717, 1.165) is 37.3 Å². The molecule has 2 N–H and O–H groups in total. The number of carbonyl (C=O) groups excluding carboxylic acids is 1. The highest BCUT2D eigenvalue weighted by atomic mass is 16.2. The molecule has 0 bridgehead atoms. The van der Waals surface area contributed by atoms with Gasteiger partial charge in [-0.05, 0) is 44.6 Å². The average Bonchev–Trinajstić information content (AvgIpc) is 2.50. The Morgan fingerprint density at radius 1 is 1.17 bits per heavy atom. The Morgan fingerprint density at radius 3 is 2.42 bits per heavy atom. The lowest BCUT2D eigenvalue weighted by Gasteiger charge is -2.34. The maximum absolute atomic E-state index is 11.6. The molecule has 2 atom stereocenters. The van der Waals surface area contributed by atoms with Crippen LogP contribution in [0, 0.1) is 11.8 Å². The highest BCUT2D eigenvalue weighted by Crippen LogP contribution is 2.20.